The summed E-state index contributed by atoms with van der Waals surface area (Å²) < 4.78 is 15.7. The van der Waals surface area contributed by atoms with Crippen LogP contribution in [-0.4, -0.2) is 51.5 Å². The number of halogens is 1. The van der Waals surface area contributed by atoms with E-state index in [9.17, 15) is 9.18 Å². The molecule has 0 unspecified atom stereocenters. The number of rotatable bonds is 4. The zero-order chi connectivity index (χ0) is 19.5. The van der Waals surface area contributed by atoms with Crippen molar-refractivity contribution in [2.45, 2.75) is 13.3 Å². The molecule has 1 aliphatic heterocycles. The third-order valence-electron chi connectivity index (χ3n) is 4.94. The summed E-state index contributed by atoms with van der Waals surface area (Å²) in [6.07, 6.45) is 3.99. The van der Waals surface area contributed by atoms with Crippen LogP contribution in [0.25, 0.3) is 5.82 Å². The van der Waals surface area contributed by atoms with Gasteiger partial charge in [-0.1, -0.05) is 18.2 Å². The van der Waals surface area contributed by atoms with E-state index in [1.807, 2.05) is 42.1 Å². The van der Waals surface area contributed by atoms with Gasteiger partial charge >= 0.3 is 0 Å². The monoisotopic (exact) mass is 379 g/mol. The molecule has 3 aromatic rings. The predicted octanol–water partition coefficient (Wildman–Crippen LogP) is 2.61. The first-order valence-electron chi connectivity index (χ1n) is 9.35. The van der Waals surface area contributed by atoms with E-state index in [2.05, 4.69) is 14.9 Å². The van der Waals surface area contributed by atoms with Crippen LogP contribution in [0.4, 0.5) is 10.2 Å². The third kappa shape index (κ3) is 3.88. The van der Waals surface area contributed by atoms with Crippen LogP contribution < -0.4 is 4.90 Å². The maximum atomic E-state index is 13.8. The molecular formula is C21H22FN5O. The van der Waals surface area contributed by atoms with Crippen LogP contribution in [-0.2, 0) is 11.2 Å². The first-order valence-corrected chi connectivity index (χ1v) is 9.35. The minimum absolute atomic E-state index is 0.0448. The molecule has 0 radical (unpaired) electrons. The van der Waals surface area contributed by atoms with Crippen LogP contribution in [0.2, 0.25) is 0 Å². The number of hydrogen-bond donors (Lipinski definition) is 0. The Balaban J connectivity index is 1.42. The number of anilines is 1. The quantitative estimate of drug-likeness (QED) is 0.699. The largest absolute Gasteiger partial charge is 0.353 e. The molecule has 7 heteroatoms. The summed E-state index contributed by atoms with van der Waals surface area (Å²) in [5.41, 5.74) is 0.442. The SMILES string of the molecule is Cc1nc(N2CCN(C(=O)Cc3ccccc3F)CC2)cc(-n2cccc2)n1. The van der Waals surface area contributed by atoms with E-state index in [0.717, 1.165) is 11.6 Å². The molecule has 0 bridgehead atoms. The average molecular weight is 379 g/mol. The lowest BCUT2D eigenvalue weighted by Crippen LogP contribution is -2.49. The van der Waals surface area contributed by atoms with Crippen molar-refractivity contribution < 1.29 is 9.18 Å². The van der Waals surface area contributed by atoms with E-state index < -0.39 is 0 Å². The molecule has 0 N–H and O–H groups in total. The van der Waals surface area contributed by atoms with E-state index >= 15 is 0 Å². The molecule has 1 aliphatic rings. The molecule has 6 nitrogen and oxygen atoms in total. The molecule has 1 fully saturated rings. The zero-order valence-electron chi connectivity index (χ0n) is 15.8. The van der Waals surface area contributed by atoms with Crippen LogP contribution in [0.15, 0.2) is 54.9 Å². The number of piperazine rings is 1. The molecule has 28 heavy (non-hydrogen) atoms. The van der Waals surface area contributed by atoms with Crippen molar-refractivity contribution in [1.29, 1.82) is 0 Å². The van der Waals surface area contributed by atoms with E-state index in [1.165, 1.54) is 6.07 Å². The first kappa shape index (κ1) is 18.2. The van der Waals surface area contributed by atoms with E-state index in [-0.39, 0.29) is 18.1 Å². The van der Waals surface area contributed by atoms with Crippen molar-refractivity contribution >= 4 is 11.7 Å². The summed E-state index contributed by atoms with van der Waals surface area (Å²) >= 11 is 0. The second-order valence-corrected chi connectivity index (χ2v) is 6.86. The molecule has 0 spiro atoms. The van der Waals surface area contributed by atoms with Crippen LogP contribution >= 0.6 is 0 Å². The van der Waals surface area contributed by atoms with Crippen LogP contribution in [0.5, 0.6) is 0 Å². The number of amides is 1. The fourth-order valence-corrected chi connectivity index (χ4v) is 3.42. The Kier molecular flexibility index (Phi) is 5.06. The van der Waals surface area contributed by atoms with Gasteiger partial charge in [-0.05, 0) is 30.7 Å². The fraction of sp³-hybridized carbons (Fsp3) is 0.286. The number of nitrogens with zero attached hydrogens (tertiary/aromatic N) is 5. The minimum Gasteiger partial charge on any atom is -0.353 e. The number of hydrogen-bond acceptors (Lipinski definition) is 4. The molecule has 1 amide bonds. The van der Waals surface area contributed by atoms with Gasteiger partial charge in [0.15, 0.2) is 0 Å². The van der Waals surface area contributed by atoms with Gasteiger partial charge in [-0.25, -0.2) is 14.4 Å². The van der Waals surface area contributed by atoms with E-state index in [1.54, 1.807) is 23.1 Å². The highest BCUT2D eigenvalue weighted by Gasteiger charge is 2.23. The summed E-state index contributed by atoms with van der Waals surface area (Å²) in [4.78, 5) is 25.6. The lowest BCUT2D eigenvalue weighted by Gasteiger charge is -2.35. The van der Waals surface area contributed by atoms with Crippen molar-refractivity contribution in [1.82, 2.24) is 19.4 Å². The van der Waals surface area contributed by atoms with Gasteiger partial charge in [-0.2, -0.15) is 0 Å². The highest BCUT2D eigenvalue weighted by atomic mass is 19.1. The highest BCUT2D eigenvalue weighted by Crippen LogP contribution is 2.18. The Morgan fingerprint density at radius 3 is 2.39 bits per heavy atom. The van der Waals surface area contributed by atoms with Crippen LogP contribution in [0.1, 0.15) is 11.4 Å². The van der Waals surface area contributed by atoms with Gasteiger partial charge in [0.2, 0.25) is 5.91 Å². The molecule has 0 atom stereocenters. The zero-order valence-corrected chi connectivity index (χ0v) is 15.8. The van der Waals surface area contributed by atoms with Crippen LogP contribution in [0.3, 0.4) is 0 Å². The lowest BCUT2D eigenvalue weighted by molar-refractivity contribution is -0.130. The van der Waals surface area contributed by atoms with Crippen molar-refractivity contribution in [3.63, 3.8) is 0 Å². The first-order chi connectivity index (χ1) is 13.6. The Bertz CT molecular complexity index is 965. The van der Waals surface area contributed by atoms with Gasteiger partial charge < -0.3 is 14.4 Å². The van der Waals surface area contributed by atoms with Crippen molar-refractivity contribution in [2.75, 3.05) is 31.1 Å². The smallest absolute Gasteiger partial charge is 0.227 e. The molecule has 144 valence electrons. The number of aromatic nitrogens is 3. The van der Waals surface area contributed by atoms with E-state index in [0.29, 0.717) is 37.6 Å². The van der Waals surface area contributed by atoms with Gasteiger partial charge in [0, 0.05) is 44.6 Å². The molecule has 4 rings (SSSR count). The summed E-state index contributed by atoms with van der Waals surface area (Å²) in [7, 11) is 0. The van der Waals surface area contributed by atoms with Crippen molar-refractivity contribution in [3.05, 3.63) is 72.1 Å². The number of aryl methyl sites for hydroxylation is 1. The molecule has 3 heterocycles. The second kappa shape index (κ2) is 7.80. The summed E-state index contributed by atoms with van der Waals surface area (Å²) in [6.45, 7) is 4.43. The molecular weight excluding hydrogens is 357 g/mol. The normalized spacial score (nSPS) is 14.4. The highest BCUT2D eigenvalue weighted by molar-refractivity contribution is 5.79. The Morgan fingerprint density at radius 1 is 1.00 bits per heavy atom. The topological polar surface area (TPSA) is 54.3 Å². The standard InChI is InChI=1S/C21H22FN5O/c1-16-23-19(25-8-4-5-9-25)15-20(24-16)26-10-12-27(13-11-26)21(28)14-17-6-2-3-7-18(17)22/h2-9,15H,10-14H2,1H3. The average Bonchev–Trinajstić information content (AvgIpc) is 3.24. The molecule has 0 aliphatic carbocycles. The summed E-state index contributed by atoms with van der Waals surface area (Å²) in [5, 5.41) is 0. The molecule has 0 saturated carbocycles. The lowest BCUT2D eigenvalue weighted by atomic mass is 10.1. The molecule has 2 aromatic heterocycles. The number of benzene rings is 1. The summed E-state index contributed by atoms with van der Waals surface area (Å²) in [6, 6.07) is 12.3. The number of carbonyl (C=O) groups excluding carboxylic acids is 1. The van der Waals surface area contributed by atoms with Gasteiger partial charge in [0.05, 0.1) is 6.42 Å². The van der Waals surface area contributed by atoms with Crippen molar-refractivity contribution in [2.24, 2.45) is 0 Å². The molecule has 1 saturated heterocycles. The van der Waals surface area contributed by atoms with Crippen LogP contribution in [0, 0.1) is 12.7 Å². The maximum Gasteiger partial charge on any atom is 0.227 e. The Morgan fingerprint density at radius 2 is 1.68 bits per heavy atom. The predicted molar refractivity (Wildman–Crippen MR) is 105 cm³/mol. The van der Waals surface area contributed by atoms with Gasteiger partial charge in [-0.3, -0.25) is 4.79 Å². The second-order valence-electron chi connectivity index (χ2n) is 6.86. The van der Waals surface area contributed by atoms with Gasteiger partial charge in [-0.15, -0.1) is 0 Å². The van der Waals surface area contributed by atoms with Gasteiger partial charge in [0.25, 0.3) is 0 Å². The fourth-order valence-electron chi connectivity index (χ4n) is 3.42. The maximum absolute atomic E-state index is 13.8. The minimum atomic E-state index is -0.330. The van der Waals surface area contributed by atoms with Gasteiger partial charge in [0.1, 0.15) is 23.3 Å². The Labute approximate surface area is 163 Å². The van der Waals surface area contributed by atoms with E-state index in [4.69, 9.17) is 0 Å². The number of carbonyl (C=O) groups is 1. The summed E-state index contributed by atoms with van der Waals surface area (Å²) in [5.74, 6) is 2.02. The van der Waals surface area contributed by atoms with Crippen molar-refractivity contribution in [3.8, 4) is 5.82 Å². The third-order valence-corrected chi connectivity index (χ3v) is 4.94. The Hall–Kier alpha value is -3.22. The molecule has 1 aromatic carbocycles.